The summed E-state index contributed by atoms with van der Waals surface area (Å²) in [6.45, 7) is 0.223. The van der Waals surface area contributed by atoms with Gasteiger partial charge >= 0.3 is 5.97 Å². The molecule has 3 nitrogen and oxygen atoms in total. The zero-order valence-electron chi connectivity index (χ0n) is 9.32. The fourth-order valence-electron chi connectivity index (χ4n) is 2.57. The van der Waals surface area contributed by atoms with E-state index >= 15 is 0 Å². The van der Waals surface area contributed by atoms with Crippen molar-refractivity contribution >= 4 is 5.97 Å². The summed E-state index contributed by atoms with van der Waals surface area (Å²) in [5.41, 5.74) is 0. The van der Waals surface area contributed by atoms with E-state index < -0.39 is 5.97 Å². The van der Waals surface area contributed by atoms with Crippen LogP contribution in [0.25, 0.3) is 0 Å². The molecule has 1 unspecified atom stereocenters. The van der Waals surface area contributed by atoms with Gasteiger partial charge in [-0.25, -0.2) is 0 Å². The van der Waals surface area contributed by atoms with Crippen molar-refractivity contribution in [2.24, 2.45) is 11.8 Å². The van der Waals surface area contributed by atoms with Gasteiger partial charge in [-0.05, 0) is 31.6 Å². The number of hydrogen-bond acceptors (Lipinski definition) is 2. The van der Waals surface area contributed by atoms with E-state index in [2.05, 4.69) is 0 Å². The Morgan fingerprint density at radius 1 is 1.20 bits per heavy atom. The quantitative estimate of drug-likeness (QED) is 0.640. The van der Waals surface area contributed by atoms with Gasteiger partial charge in [-0.1, -0.05) is 25.7 Å². The molecule has 3 heteroatoms. The molecule has 0 bridgehead atoms. The van der Waals surface area contributed by atoms with Crippen molar-refractivity contribution in [3.8, 4) is 0 Å². The van der Waals surface area contributed by atoms with Crippen molar-refractivity contribution in [1.82, 2.24) is 0 Å². The van der Waals surface area contributed by atoms with Gasteiger partial charge in [0.25, 0.3) is 0 Å². The Morgan fingerprint density at radius 3 is 2.40 bits per heavy atom. The molecule has 0 amide bonds. The van der Waals surface area contributed by atoms with Crippen molar-refractivity contribution in [3.05, 3.63) is 0 Å². The van der Waals surface area contributed by atoms with Crippen LogP contribution < -0.4 is 0 Å². The summed E-state index contributed by atoms with van der Waals surface area (Å²) in [7, 11) is 0. The number of carboxylic acid groups (broad SMARTS) is 1. The highest BCUT2D eigenvalue weighted by Gasteiger charge is 2.29. The average molecular weight is 214 g/mol. The first-order valence-corrected chi connectivity index (χ1v) is 6.09. The minimum absolute atomic E-state index is 0.133. The molecule has 1 aliphatic carbocycles. The fraction of sp³-hybridized carbons (Fsp3) is 0.917. The average Bonchev–Trinajstić information content (AvgIpc) is 2.70. The predicted octanol–water partition coefficient (Wildman–Crippen LogP) is 2.43. The number of aliphatic hydroxyl groups excluding tert-OH is 1. The molecule has 0 aromatic carbocycles. The van der Waals surface area contributed by atoms with E-state index in [1.54, 1.807) is 0 Å². The molecular formula is C12H22O3. The number of hydrogen-bond donors (Lipinski definition) is 2. The van der Waals surface area contributed by atoms with Gasteiger partial charge in [0.15, 0.2) is 0 Å². The van der Waals surface area contributed by atoms with Crippen molar-refractivity contribution in [3.63, 3.8) is 0 Å². The van der Waals surface area contributed by atoms with Crippen LogP contribution in [0.1, 0.15) is 51.4 Å². The summed E-state index contributed by atoms with van der Waals surface area (Å²) in [5.74, 6) is -0.339. The molecule has 1 rings (SSSR count). The minimum Gasteiger partial charge on any atom is -0.481 e. The largest absolute Gasteiger partial charge is 0.481 e. The zero-order chi connectivity index (χ0) is 11.1. The maximum absolute atomic E-state index is 11.1. The lowest BCUT2D eigenvalue weighted by Gasteiger charge is -2.18. The summed E-state index contributed by atoms with van der Waals surface area (Å²) in [6, 6.07) is 0. The molecule has 15 heavy (non-hydrogen) atoms. The molecule has 0 radical (unpaired) electrons. The summed E-state index contributed by atoms with van der Waals surface area (Å²) < 4.78 is 0. The van der Waals surface area contributed by atoms with E-state index in [4.69, 9.17) is 10.2 Å². The van der Waals surface area contributed by atoms with Gasteiger partial charge in [-0.3, -0.25) is 4.79 Å². The molecule has 0 aliphatic heterocycles. The summed E-state index contributed by atoms with van der Waals surface area (Å²) in [6.07, 6.45) is 8.07. The van der Waals surface area contributed by atoms with Gasteiger partial charge in [0.1, 0.15) is 0 Å². The first-order chi connectivity index (χ1) is 7.25. The zero-order valence-corrected chi connectivity index (χ0v) is 9.32. The van der Waals surface area contributed by atoms with Crippen LogP contribution in [0.5, 0.6) is 0 Å². The van der Waals surface area contributed by atoms with E-state index in [1.165, 1.54) is 12.8 Å². The van der Waals surface area contributed by atoms with Gasteiger partial charge in [-0.2, -0.15) is 0 Å². The molecular weight excluding hydrogens is 192 g/mol. The molecule has 1 aliphatic rings. The molecule has 0 aromatic heterocycles. The number of carboxylic acids is 1. The SMILES string of the molecule is O=C(O)C(CCCCCO)C1CCCC1. The Kier molecular flexibility index (Phi) is 5.69. The van der Waals surface area contributed by atoms with E-state index in [-0.39, 0.29) is 12.5 Å². The highest BCUT2D eigenvalue weighted by atomic mass is 16.4. The molecule has 88 valence electrons. The molecule has 1 fully saturated rings. The highest BCUT2D eigenvalue weighted by Crippen LogP contribution is 2.34. The molecule has 0 saturated heterocycles. The van der Waals surface area contributed by atoms with Gasteiger partial charge in [0.05, 0.1) is 5.92 Å². The number of rotatable bonds is 7. The molecule has 1 atom stereocenters. The van der Waals surface area contributed by atoms with Gasteiger partial charge in [0, 0.05) is 6.61 Å². The molecule has 0 heterocycles. The number of carbonyl (C=O) groups is 1. The lowest BCUT2D eigenvalue weighted by atomic mass is 9.86. The minimum atomic E-state index is -0.620. The van der Waals surface area contributed by atoms with Crippen LogP contribution in [0.15, 0.2) is 0 Å². The Bertz CT molecular complexity index is 185. The van der Waals surface area contributed by atoms with E-state index in [0.29, 0.717) is 5.92 Å². The van der Waals surface area contributed by atoms with Crippen LogP contribution in [0, 0.1) is 11.8 Å². The maximum atomic E-state index is 11.1. The van der Waals surface area contributed by atoms with Crippen LogP contribution in [-0.2, 0) is 4.79 Å². The monoisotopic (exact) mass is 214 g/mol. The van der Waals surface area contributed by atoms with Crippen molar-refractivity contribution in [2.75, 3.05) is 6.61 Å². The standard InChI is InChI=1S/C12H22O3/c13-9-5-1-2-8-11(12(14)15)10-6-3-4-7-10/h10-11,13H,1-9H2,(H,14,15). The summed E-state index contributed by atoms with van der Waals surface area (Å²) >= 11 is 0. The topological polar surface area (TPSA) is 57.5 Å². The molecule has 0 spiro atoms. The highest BCUT2D eigenvalue weighted by molar-refractivity contribution is 5.70. The Balaban J connectivity index is 2.27. The van der Waals surface area contributed by atoms with Crippen LogP contribution in [0.4, 0.5) is 0 Å². The summed E-state index contributed by atoms with van der Waals surface area (Å²) in [5, 5.41) is 17.8. The van der Waals surface area contributed by atoms with Crippen LogP contribution in [0.3, 0.4) is 0 Å². The summed E-state index contributed by atoms with van der Waals surface area (Å²) in [4.78, 5) is 11.1. The van der Waals surface area contributed by atoms with Crippen LogP contribution >= 0.6 is 0 Å². The first kappa shape index (κ1) is 12.5. The Labute approximate surface area is 91.5 Å². The normalized spacial score (nSPS) is 19.3. The molecule has 0 aromatic rings. The van der Waals surface area contributed by atoms with E-state index in [1.807, 2.05) is 0 Å². The van der Waals surface area contributed by atoms with Gasteiger partial charge < -0.3 is 10.2 Å². The lowest BCUT2D eigenvalue weighted by molar-refractivity contribution is -0.144. The third-order valence-electron chi connectivity index (χ3n) is 3.46. The third kappa shape index (κ3) is 4.20. The predicted molar refractivity (Wildman–Crippen MR) is 58.6 cm³/mol. The second kappa shape index (κ2) is 6.83. The van der Waals surface area contributed by atoms with E-state index in [0.717, 1.165) is 38.5 Å². The van der Waals surface area contributed by atoms with Crippen molar-refractivity contribution in [2.45, 2.75) is 51.4 Å². The van der Waals surface area contributed by atoms with Crippen LogP contribution in [-0.4, -0.2) is 22.8 Å². The Hall–Kier alpha value is -0.570. The van der Waals surface area contributed by atoms with Gasteiger partial charge in [0.2, 0.25) is 0 Å². The fourth-order valence-corrected chi connectivity index (χ4v) is 2.57. The lowest BCUT2D eigenvalue weighted by Crippen LogP contribution is -2.21. The third-order valence-corrected chi connectivity index (χ3v) is 3.46. The van der Waals surface area contributed by atoms with Crippen molar-refractivity contribution < 1.29 is 15.0 Å². The molecule has 2 N–H and O–H groups in total. The second-order valence-corrected chi connectivity index (χ2v) is 4.56. The number of aliphatic hydroxyl groups is 1. The maximum Gasteiger partial charge on any atom is 0.306 e. The van der Waals surface area contributed by atoms with E-state index in [9.17, 15) is 4.79 Å². The molecule has 1 saturated carbocycles. The number of unbranched alkanes of at least 4 members (excludes halogenated alkanes) is 2. The first-order valence-electron chi connectivity index (χ1n) is 6.09. The van der Waals surface area contributed by atoms with Gasteiger partial charge in [-0.15, -0.1) is 0 Å². The number of aliphatic carboxylic acids is 1. The van der Waals surface area contributed by atoms with Crippen LogP contribution in [0.2, 0.25) is 0 Å². The smallest absolute Gasteiger partial charge is 0.306 e. The van der Waals surface area contributed by atoms with Crippen molar-refractivity contribution in [1.29, 1.82) is 0 Å². The second-order valence-electron chi connectivity index (χ2n) is 4.56. The Morgan fingerprint density at radius 2 is 1.87 bits per heavy atom.